The molecule has 1 fully saturated rings. The molecule has 0 bridgehead atoms. The topological polar surface area (TPSA) is 57.6 Å². The number of allylic oxidation sites excluding steroid dienone is 1. The van der Waals surface area contributed by atoms with Crippen LogP contribution in [0, 0.1) is 0 Å². The lowest BCUT2D eigenvalue weighted by Gasteiger charge is -2.25. The molecule has 0 saturated carbocycles. The van der Waals surface area contributed by atoms with E-state index in [2.05, 4.69) is 6.58 Å². The van der Waals surface area contributed by atoms with E-state index in [1.165, 1.54) is 0 Å². The molecule has 1 aliphatic heterocycles. The van der Waals surface area contributed by atoms with Crippen molar-refractivity contribution >= 4 is 9.84 Å². The summed E-state index contributed by atoms with van der Waals surface area (Å²) in [5, 5.41) is 9.70. The predicted molar refractivity (Wildman–Crippen MR) is 65.1 cm³/mol. The lowest BCUT2D eigenvalue weighted by Crippen LogP contribution is -2.38. The molecule has 94 valence electrons. The van der Waals surface area contributed by atoms with E-state index < -0.39 is 15.9 Å². The van der Waals surface area contributed by atoms with Crippen molar-refractivity contribution in [3.8, 4) is 0 Å². The van der Waals surface area contributed by atoms with Crippen LogP contribution in [0.15, 0.2) is 12.7 Å². The Balaban J connectivity index is 2.35. The quantitative estimate of drug-likeness (QED) is 0.692. The van der Waals surface area contributed by atoms with Crippen LogP contribution in [-0.2, 0) is 9.84 Å². The Morgan fingerprint density at radius 2 is 2.31 bits per heavy atom. The lowest BCUT2D eigenvalue weighted by atomic mass is 10.1. The number of likely N-dealkylation sites (N-methyl/N-ethyl adjacent to an activating group) is 1. The van der Waals surface area contributed by atoms with Crippen molar-refractivity contribution in [2.75, 3.05) is 25.1 Å². The highest BCUT2D eigenvalue weighted by Gasteiger charge is 2.30. The van der Waals surface area contributed by atoms with Crippen molar-refractivity contribution in [3.05, 3.63) is 12.7 Å². The van der Waals surface area contributed by atoms with Gasteiger partial charge < -0.3 is 5.11 Å². The fourth-order valence-corrected chi connectivity index (χ4v) is 3.81. The van der Waals surface area contributed by atoms with E-state index in [1.54, 1.807) is 6.08 Å². The number of aliphatic hydroxyl groups is 1. The fraction of sp³-hybridized carbons (Fsp3) is 0.818. The average molecular weight is 247 g/mol. The third-order valence-corrected chi connectivity index (χ3v) is 4.78. The molecule has 1 heterocycles. The summed E-state index contributed by atoms with van der Waals surface area (Å²) in [4.78, 5) is 1.96. The summed E-state index contributed by atoms with van der Waals surface area (Å²) >= 11 is 0. The van der Waals surface area contributed by atoms with E-state index in [1.807, 2.05) is 11.9 Å². The third kappa shape index (κ3) is 4.23. The third-order valence-electron chi connectivity index (χ3n) is 3.03. The van der Waals surface area contributed by atoms with Gasteiger partial charge in [0, 0.05) is 12.6 Å². The molecule has 1 aliphatic rings. The van der Waals surface area contributed by atoms with Gasteiger partial charge in [-0.3, -0.25) is 4.90 Å². The van der Waals surface area contributed by atoms with Gasteiger partial charge in [0.05, 0.1) is 17.6 Å². The second-order valence-electron chi connectivity index (χ2n) is 4.52. The molecule has 0 amide bonds. The van der Waals surface area contributed by atoms with Crippen molar-refractivity contribution in [2.24, 2.45) is 0 Å². The largest absolute Gasteiger partial charge is 0.392 e. The molecule has 4 nitrogen and oxygen atoms in total. The first-order valence-corrected chi connectivity index (χ1v) is 7.46. The summed E-state index contributed by atoms with van der Waals surface area (Å²) in [6.45, 7) is 4.14. The lowest BCUT2D eigenvalue weighted by molar-refractivity contribution is 0.103. The molecule has 0 unspecified atom stereocenters. The second-order valence-corrected chi connectivity index (χ2v) is 6.75. The van der Waals surface area contributed by atoms with Crippen LogP contribution in [0.2, 0.25) is 0 Å². The van der Waals surface area contributed by atoms with Gasteiger partial charge >= 0.3 is 0 Å². The number of hydrogen-bond acceptors (Lipinski definition) is 4. The first-order chi connectivity index (χ1) is 7.44. The molecule has 0 aromatic heterocycles. The molecule has 1 rings (SSSR count). The van der Waals surface area contributed by atoms with Crippen molar-refractivity contribution < 1.29 is 13.5 Å². The van der Waals surface area contributed by atoms with E-state index in [9.17, 15) is 13.5 Å². The summed E-state index contributed by atoms with van der Waals surface area (Å²) in [5.41, 5.74) is 0. The van der Waals surface area contributed by atoms with Gasteiger partial charge in [-0.25, -0.2) is 8.42 Å². The van der Waals surface area contributed by atoms with Gasteiger partial charge in [0.1, 0.15) is 0 Å². The maximum atomic E-state index is 11.3. The van der Waals surface area contributed by atoms with Crippen molar-refractivity contribution in [3.63, 3.8) is 0 Å². The standard InChI is InChI=1S/C11H21NO3S/c1-3-4-5-11(13)8-12(2)10-6-7-16(14,15)9-10/h3,10-11,13H,1,4-9H2,2H3/t10-,11+/m0/s1. The minimum atomic E-state index is -2.83. The highest BCUT2D eigenvalue weighted by atomic mass is 32.2. The minimum Gasteiger partial charge on any atom is -0.392 e. The normalized spacial score (nSPS) is 25.8. The Morgan fingerprint density at radius 3 is 2.81 bits per heavy atom. The summed E-state index contributed by atoms with van der Waals surface area (Å²) < 4.78 is 22.6. The van der Waals surface area contributed by atoms with Crippen molar-refractivity contribution in [1.82, 2.24) is 4.90 Å². The summed E-state index contributed by atoms with van der Waals surface area (Å²) in [7, 11) is -0.955. The van der Waals surface area contributed by atoms with Gasteiger partial charge in [0.25, 0.3) is 0 Å². The Kier molecular flexibility index (Phi) is 4.95. The zero-order valence-corrected chi connectivity index (χ0v) is 10.6. The zero-order valence-electron chi connectivity index (χ0n) is 9.80. The van der Waals surface area contributed by atoms with E-state index in [0.717, 1.165) is 6.42 Å². The molecule has 16 heavy (non-hydrogen) atoms. The molecule has 1 saturated heterocycles. The second kappa shape index (κ2) is 5.80. The molecule has 0 aromatic carbocycles. The van der Waals surface area contributed by atoms with E-state index in [4.69, 9.17) is 0 Å². The van der Waals surface area contributed by atoms with Gasteiger partial charge in [-0.05, 0) is 26.3 Å². The smallest absolute Gasteiger partial charge is 0.151 e. The Morgan fingerprint density at radius 1 is 1.62 bits per heavy atom. The van der Waals surface area contributed by atoms with Crippen LogP contribution in [0.3, 0.4) is 0 Å². The van der Waals surface area contributed by atoms with Gasteiger partial charge in [-0.15, -0.1) is 6.58 Å². The number of sulfone groups is 1. The zero-order chi connectivity index (χ0) is 12.2. The Labute approximate surface area is 97.9 Å². The molecule has 0 aromatic rings. The molecular weight excluding hydrogens is 226 g/mol. The highest BCUT2D eigenvalue weighted by Crippen LogP contribution is 2.17. The predicted octanol–water partition coefficient (Wildman–Crippen LogP) is 0.432. The SMILES string of the molecule is C=CCC[C@@H](O)CN(C)[C@H]1CCS(=O)(=O)C1. The summed E-state index contributed by atoms with van der Waals surface area (Å²) in [5.74, 6) is 0.516. The van der Waals surface area contributed by atoms with E-state index in [-0.39, 0.29) is 17.5 Å². The number of hydrogen-bond donors (Lipinski definition) is 1. The maximum Gasteiger partial charge on any atom is 0.151 e. The Hall–Kier alpha value is -0.390. The summed E-state index contributed by atoms with van der Waals surface area (Å²) in [6.07, 6.45) is 3.55. The monoisotopic (exact) mass is 247 g/mol. The molecule has 0 spiro atoms. The molecule has 0 radical (unpaired) electrons. The minimum absolute atomic E-state index is 0.0726. The number of rotatable bonds is 6. The first kappa shape index (κ1) is 13.7. The molecule has 5 heteroatoms. The van der Waals surface area contributed by atoms with Gasteiger partial charge in [-0.1, -0.05) is 6.08 Å². The van der Waals surface area contributed by atoms with E-state index in [0.29, 0.717) is 19.4 Å². The highest BCUT2D eigenvalue weighted by molar-refractivity contribution is 7.91. The summed E-state index contributed by atoms with van der Waals surface area (Å²) in [6, 6.07) is 0.0726. The van der Waals surface area contributed by atoms with Gasteiger partial charge in [-0.2, -0.15) is 0 Å². The van der Waals surface area contributed by atoms with Crippen LogP contribution in [0.5, 0.6) is 0 Å². The van der Waals surface area contributed by atoms with Crippen LogP contribution in [0.1, 0.15) is 19.3 Å². The number of nitrogens with zero attached hydrogens (tertiary/aromatic N) is 1. The van der Waals surface area contributed by atoms with Gasteiger partial charge in [0.2, 0.25) is 0 Å². The number of aliphatic hydroxyl groups excluding tert-OH is 1. The van der Waals surface area contributed by atoms with Crippen molar-refractivity contribution in [2.45, 2.75) is 31.4 Å². The maximum absolute atomic E-state index is 11.3. The first-order valence-electron chi connectivity index (χ1n) is 5.64. The molecule has 1 N–H and O–H groups in total. The van der Waals surface area contributed by atoms with Crippen LogP contribution in [-0.4, -0.2) is 55.7 Å². The van der Waals surface area contributed by atoms with Crippen LogP contribution in [0.4, 0.5) is 0 Å². The van der Waals surface area contributed by atoms with Crippen LogP contribution in [0.25, 0.3) is 0 Å². The van der Waals surface area contributed by atoms with Crippen LogP contribution < -0.4 is 0 Å². The Bertz CT molecular complexity index is 326. The van der Waals surface area contributed by atoms with Gasteiger partial charge in [0.15, 0.2) is 9.84 Å². The average Bonchev–Trinajstić information content (AvgIpc) is 2.56. The van der Waals surface area contributed by atoms with Crippen LogP contribution >= 0.6 is 0 Å². The van der Waals surface area contributed by atoms with E-state index >= 15 is 0 Å². The molecular formula is C11H21NO3S. The molecule has 2 atom stereocenters. The van der Waals surface area contributed by atoms with Crippen molar-refractivity contribution in [1.29, 1.82) is 0 Å². The molecule has 0 aliphatic carbocycles. The fourth-order valence-electron chi connectivity index (χ4n) is 2.01.